The van der Waals surface area contributed by atoms with Gasteiger partial charge < -0.3 is 10.1 Å². The summed E-state index contributed by atoms with van der Waals surface area (Å²) < 4.78 is 5.40. The average Bonchev–Trinajstić information content (AvgIpc) is 2.88. The minimum Gasteiger partial charge on any atom is -0.497 e. The van der Waals surface area contributed by atoms with Crippen LogP contribution in [0, 0.1) is 0 Å². The normalized spacial score (nSPS) is 10.8. The van der Waals surface area contributed by atoms with E-state index in [2.05, 4.69) is 40.6 Å². The summed E-state index contributed by atoms with van der Waals surface area (Å²) in [5.74, 6) is 2.27. The van der Waals surface area contributed by atoms with E-state index in [9.17, 15) is 0 Å². The highest BCUT2D eigenvalue weighted by molar-refractivity contribution is 5.94. The molecule has 0 unspecified atom stereocenters. The Morgan fingerprint density at radius 1 is 0.781 bits per heavy atom. The minimum absolute atomic E-state index is 0.648. The fourth-order valence-electron chi connectivity index (χ4n) is 3.65. The van der Waals surface area contributed by atoms with E-state index in [0.29, 0.717) is 12.4 Å². The lowest BCUT2D eigenvalue weighted by atomic mass is 10.0. The van der Waals surface area contributed by atoms with Gasteiger partial charge >= 0.3 is 0 Å². The fraction of sp³-hybridized carbons (Fsp3) is 0.0741. The van der Waals surface area contributed by atoms with Crippen LogP contribution in [-0.2, 0) is 6.54 Å². The molecule has 156 valence electrons. The Kier molecular flexibility index (Phi) is 5.45. The molecule has 0 atom stereocenters. The number of anilines is 1. The molecule has 5 heteroatoms. The zero-order valence-electron chi connectivity index (χ0n) is 17.7. The standard InChI is InChI=1S/C27H22N4O/c1-32-23-11-5-9-20(15-23)21-12-13-25-24(16-21)27(29-17-19-7-3-2-4-8-19)31-26(30-25)22-10-6-14-28-18-22/h2-16,18H,17H2,1H3,(H,29,30,31). The average molecular weight is 419 g/mol. The maximum absolute atomic E-state index is 5.40. The number of nitrogens with one attached hydrogen (secondary N) is 1. The largest absolute Gasteiger partial charge is 0.497 e. The highest BCUT2D eigenvalue weighted by atomic mass is 16.5. The third-order valence-electron chi connectivity index (χ3n) is 5.32. The number of rotatable bonds is 6. The third kappa shape index (κ3) is 4.14. The number of ether oxygens (including phenoxy) is 1. The van der Waals surface area contributed by atoms with Crippen LogP contribution in [0.15, 0.2) is 97.3 Å². The molecule has 0 aliphatic heterocycles. The van der Waals surface area contributed by atoms with Crippen molar-refractivity contribution in [3.63, 3.8) is 0 Å². The first-order valence-electron chi connectivity index (χ1n) is 10.4. The molecule has 32 heavy (non-hydrogen) atoms. The Bertz CT molecular complexity index is 1350. The van der Waals surface area contributed by atoms with Crippen LogP contribution in [0.1, 0.15) is 5.56 Å². The monoisotopic (exact) mass is 418 g/mol. The van der Waals surface area contributed by atoms with Crippen LogP contribution in [-0.4, -0.2) is 22.1 Å². The highest BCUT2D eigenvalue weighted by Gasteiger charge is 2.12. The van der Waals surface area contributed by atoms with Gasteiger partial charge in [-0.25, -0.2) is 9.97 Å². The van der Waals surface area contributed by atoms with Gasteiger partial charge in [0.2, 0.25) is 0 Å². The maximum Gasteiger partial charge on any atom is 0.163 e. The van der Waals surface area contributed by atoms with Crippen molar-refractivity contribution in [3.05, 3.63) is 103 Å². The summed E-state index contributed by atoms with van der Waals surface area (Å²) in [4.78, 5) is 13.9. The summed E-state index contributed by atoms with van der Waals surface area (Å²) in [5, 5.41) is 4.49. The lowest BCUT2D eigenvalue weighted by Crippen LogP contribution is -2.04. The first-order chi connectivity index (χ1) is 15.8. The second kappa shape index (κ2) is 8.86. The lowest BCUT2D eigenvalue weighted by Gasteiger charge is -2.13. The summed E-state index contributed by atoms with van der Waals surface area (Å²) in [6, 6.07) is 28.5. The van der Waals surface area contributed by atoms with Crippen LogP contribution in [0.2, 0.25) is 0 Å². The van der Waals surface area contributed by atoms with Gasteiger partial charge in [0.1, 0.15) is 11.6 Å². The molecule has 0 spiro atoms. The fourth-order valence-corrected chi connectivity index (χ4v) is 3.65. The number of pyridine rings is 1. The summed E-state index contributed by atoms with van der Waals surface area (Å²) in [5.41, 5.74) is 5.11. The van der Waals surface area contributed by atoms with Gasteiger partial charge in [-0.3, -0.25) is 4.98 Å². The third-order valence-corrected chi connectivity index (χ3v) is 5.32. The number of hydrogen-bond donors (Lipinski definition) is 1. The molecule has 0 aliphatic carbocycles. The molecule has 3 aromatic carbocycles. The molecule has 0 fully saturated rings. The Morgan fingerprint density at radius 3 is 2.44 bits per heavy atom. The Balaban J connectivity index is 1.61. The number of nitrogens with zero attached hydrogens (tertiary/aromatic N) is 3. The first kappa shape index (κ1) is 19.7. The van der Waals surface area contributed by atoms with Gasteiger partial charge in [0.15, 0.2) is 5.82 Å². The van der Waals surface area contributed by atoms with Gasteiger partial charge in [0, 0.05) is 29.9 Å². The molecule has 0 aliphatic rings. The van der Waals surface area contributed by atoms with Gasteiger partial charge in [-0.2, -0.15) is 0 Å². The predicted molar refractivity (Wildman–Crippen MR) is 129 cm³/mol. The van der Waals surface area contributed by atoms with Crippen LogP contribution < -0.4 is 10.1 Å². The number of fused-ring (bicyclic) bond motifs is 1. The number of methoxy groups -OCH3 is 1. The van der Waals surface area contributed by atoms with Gasteiger partial charge in [-0.05, 0) is 53.1 Å². The molecular formula is C27H22N4O. The Labute approximate surface area is 186 Å². The van der Waals surface area contributed by atoms with E-state index in [-0.39, 0.29) is 0 Å². The molecule has 5 aromatic rings. The first-order valence-corrected chi connectivity index (χ1v) is 10.4. The van der Waals surface area contributed by atoms with Crippen molar-refractivity contribution in [1.82, 2.24) is 15.0 Å². The summed E-state index contributed by atoms with van der Waals surface area (Å²) in [6.45, 7) is 0.669. The number of hydrogen-bond acceptors (Lipinski definition) is 5. The van der Waals surface area contributed by atoms with Crippen molar-refractivity contribution in [3.8, 4) is 28.3 Å². The van der Waals surface area contributed by atoms with Crippen molar-refractivity contribution >= 4 is 16.7 Å². The molecule has 0 saturated carbocycles. The van der Waals surface area contributed by atoms with Crippen molar-refractivity contribution in [2.75, 3.05) is 12.4 Å². The smallest absolute Gasteiger partial charge is 0.163 e. The van der Waals surface area contributed by atoms with Crippen molar-refractivity contribution < 1.29 is 4.74 Å². The predicted octanol–water partition coefficient (Wildman–Crippen LogP) is 5.98. The Morgan fingerprint density at radius 2 is 1.62 bits per heavy atom. The van der Waals surface area contributed by atoms with E-state index in [1.165, 1.54) is 5.56 Å². The van der Waals surface area contributed by atoms with Crippen LogP contribution in [0.3, 0.4) is 0 Å². The van der Waals surface area contributed by atoms with Crippen LogP contribution in [0.5, 0.6) is 5.75 Å². The molecule has 0 radical (unpaired) electrons. The quantitative estimate of drug-likeness (QED) is 0.368. The maximum atomic E-state index is 5.40. The van der Waals surface area contributed by atoms with Crippen LogP contribution >= 0.6 is 0 Å². The molecule has 2 aromatic heterocycles. The van der Waals surface area contributed by atoms with E-state index in [1.54, 1.807) is 19.5 Å². The van der Waals surface area contributed by atoms with Crippen molar-refractivity contribution in [2.45, 2.75) is 6.54 Å². The molecule has 0 saturated heterocycles. The lowest BCUT2D eigenvalue weighted by molar-refractivity contribution is 0.415. The molecule has 5 rings (SSSR count). The molecule has 2 heterocycles. The second-order valence-corrected chi connectivity index (χ2v) is 7.44. The minimum atomic E-state index is 0.648. The van der Waals surface area contributed by atoms with E-state index in [0.717, 1.165) is 39.2 Å². The van der Waals surface area contributed by atoms with Crippen LogP contribution in [0.4, 0.5) is 5.82 Å². The van der Waals surface area contributed by atoms with Crippen molar-refractivity contribution in [1.29, 1.82) is 0 Å². The summed E-state index contributed by atoms with van der Waals surface area (Å²) >= 11 is 0. The topological polar surface area (TPSA) is 59.9 Å². The zero-order valence-corrected chi connectivity index (χ0v) is 17.7. The van der Waals surface area contributed by atoms with E-state index >= 15 is 0 Å². The SMILES string of the molecule is COc1cccc(-c2ccc3nc(-c4cccnc4)nc(NCc4ccccc4)c3c2)c1. The number of benzene rings is 3. The molecular weight excluding hydrogens is 396 g/mol. The van der Waals surface area contributed by atoms with E-state index in [1.807, 2.05) is 54.6 Å². The zero-order chi connectivity index (χ0) is 21.8. The summed E-state index contributed by atoms with van der Waals surface area (Å²) in [7, 11) is 1.68. The molecule has 0 bridgehead atoms. The molecule has 5 nitrogen and oxygen atoms in total. The summed E-state index contributed by atoms with van der Waals surface area (Å²) in [6.07, 6.45) is 3.53. The van der Waals surface area contributed by atoms with E-state index < -0.39 is 0 Å². The van der Waals surface area contributed by atoms with Gasteiger partial charge in [-0.15, -0.1) is 0 Å². The van der Waals surface area contributed by atoms with Gasteiger partial charge in [-0.1, -0.05) is 48.5 Å². The second-order valence-electron chi connectivity index (χ2n) is 7.44. The molecule has 1 N–H and O–H groups in total. The van der Waals surface area contributed by atoms with Gasteiger partial charge in [0.05, 0.1) is 12.6 Å². The molecule has 0 amide bonds. The Hall–Kier alpha value is -4.25. The van der Waals surface area contributed by atoms with Gasteiger partial charge in [0.25, 0.3) is 0 Å². The van der Waals surface area contributed by atoms with Crippen LogP contribution in [0.25, 0.3) is 33.4 Å². The highest BCUT2D eigenvalue weighted by Crippen LogP contribution is 2.31. The van der Waals surface area contributed by atoms with E-state index in [4.69, 9.17) is 14.7 Å². The van der Waals surface area contributed by atoms with Crippen molar-refractivity contribution in [2.24, 2.45) is 0 Å². The number of aromatic nitrogens is 3.